The smallest absolute Gasteiger partial charge is 0.251 e. The summed E-state index contributed by atoms with van der Waals surface area (Å²) in [5.74, 6) is 2.01. The predicted octanol–water partition coefficient (Wildman–Crippen LogP) is 4.58. The SMILES string of the molecule is O=C(NC1CCSc2ccc(F)cc21)c1ccc(OCC2CC2)cc1. The van der Waals surface area contributed by atoms with Crippen LogP contribution in [-0.2, 0) is 0 Å². The number of hydrogen-bond donors (Lipinski definition) is 1. The van der Waals surface area contributed by atoms with Crippen molar-refractivity contribution < 1.29 is 13.9 Å². The fourth-order valence-corrected chi connectivity index (χ4v) is 4.06. The van der Waals surface area contributed by atoms with Crippen LogP contribution in [-0.4, -0.2) is 18.3 Å². The molecule has 1 saturated carbocycles. The van der Waals surface area contributed by atoms with Crippen molar-refractivity contribution in [2.45, 2.75) is 30.2 Å². The van der Waals surface area contributed by atoms with Crippen LogP contribution < -0.4 is 10.1 Å². The van der Waals surface area contributed by atoms with Crippen molar-refractivity contribution in [3.63, 3.8) is 0 Å². The van der Waals surface area contributed by atoms with E-state index in [9.17, 15) is 9.18 Å². The van der Waals surface area contributed by atoms with E-state index in [1.54, 1.807) is 30.0 Å². The number of amides is 1. The van der Waals surface area contributed by atoms with Crippen LogP contribution in [0.3, 0.4) is 0 Å². The quantitative estimate of drug-likeness (QED) is 0.851. The van der Waals surface area contributed by atoms with Gasteiger partial charge >= 0.3 is 0 Å². The molecule has 1 fully saturated rings. The molecule has 0 radical (unpaired) electrons. The Kier molecular flexibility index (Phi) is 4.66. The lowest BCUT2D eigenvalue weighted by Gasteiger charge is -2.26. The Morgan fingerprint density at radius 2 is 1.96 bits per heavy atom. The first-order chi connectivity index (χ1) is 12.2. The van der Waals surface area contributed by atoms with E-state index in [1.807, 2.05) is 12.1 Å². The Labute approximate surface area is 151 Å². The lowest BCUT2D eigenvalue weighted by molar-refractivity contribution is 0.0935. The molecule has 25 heavy (non-hydrogen) atoms. The zero-order valence-electron chi connectivity index (χ0n) is 13.8. The molecule has 2 aromatic rings. The molecule has 0 spiro atoms. The summed E-state index contributed by atoms with van der Waals surface area (Å²) in [6, 6.07) is 11.9. The van der Waals surface area contributed by atoms with Gasteiger partial charge in [-0.05, 0) is 73.2 Å². The molecule has 0 bridgehead atoms. The van der Waals surface area contributed by atoms with Crippen LogP contribution in [0.5, 0.6) is 5.75 Å². The molecule has 1 heterocycles. The Balaban J connectivity index is 1.42. The number of nitrogens with one attached hydrogen (secondary N) is 1. The van der Waals surface area contributed by atoms with Crippen molar-refractivity contribution in [1.82, 2.24) is 5.32 Å². The average Bonchev–Trinajstić information content (AvgIpc) is 3.45. The Morgan fingerprint density at radius 1 is 1.16 bits per heavy atom. The summed E-state index contributed by atoms with van der Waals surface area (Å²) in [6.45, 7) is 0.758. The number of carbonyl (C=O) groups excluding carboxylic acids is 1. The van der Waals surface area contributed by atoms with Crippen LogP contribution in [0.2, 0.25) is 0 Å². The summed E-state index contributed by atoms with van der Waals surface area (Å²) < 4.78 is 19.3. The van der Waals surface area contributed by atoms with Gasteiger partial charge in [0, 0.05) is 16.2 Å². The molecule has 3 nitrogen and oxygen atoms in total. The molecular weight excluding hydrogens is 337 g/mol. The van der Waals surface area contributed by atoms with E-state index in [1.165, 1.54) is 25.0 Å². The number of hydrogen-bond acceptors (Lipinski definition) is 3. The van der Waals surface area contributed by atoms with Gasteiger partial charge in [0.2, 0.25) is 0 Å². The average molecular weight is 357 g/mol. The van der Waals surface area contributed by atoms with Gasteiger partial charge < -0.3 is 10.1 Å². The molecule has 0 saturated heterocycles. The highest BCUT2D eigenvalue weighted by molar-refractivity contribution is 7.99. The predicted molar refractivity (Wildman–Crippen MR) is 96.6 cm³/mol. The minimum atomic E-state index is -0.266. The van der Waals surface area contributed by atoms with Crippen LogP contribution in [0, 0.1) is 11.7 Å². The van der Waals surface area contributed by atoms with Gasteiger partial charge in [0.25, 0.3) is 5.91 Å². The van der Waals surface area contributed by atoms with Crippen molar-refractivity contribution in [3.8, 4) is 5.75 Å². The monoisotopic (exact) mass is 357 g/mol. The van der Waals surface area contributed by atoms with Crippen molar-refractivity contribution in [2.24, 2.45) is 5.92 Å². The number of benzene rings is 2. The first kappa shape index (κ1) is 16.5. The van der Waals surface area contributed by atoms with Gasteiger partial charge in [-0.25, -0.2) is 4.39 Å². The first-order valence-corrected chi connectivity index (χ1v) is 9.63. The molecule has 2 aliphatic rings. The topological polar surface area (TPSA) is 38.3 Å². The van der Waals surface area contributed by atoms with Crippen LogP contribution in [0.1, 0.15) is 41.2 Å². The lowest BCUT2D eigenvalue weighted by Crippen LogP contribution is -2.30. The van der Waals surface area contributed by atoms with E-state index in [-0.39, 0.29) is 17.8 Å². The maximum Gasteiger partial charge on any atom is 0.251 e. The van der Waals surface area contributed by atoms with Crippen molar-refractivity contribution in [2.75, 3.05) is 12.4 Å². The summed E-state index contributed by atoms with van der Waals surface area (Å²) in [5.41, 5.74) is 1.46. The molecule has 1 unspecified atom stereocenters. The second-order valence-corrected chi connectivity index (χ2v) is 7.76. The fourth-order valence-electron chi connectivity index (χ4n) is 2.96. The van der Waals surface area contributed by atoms with Crippen LogP contribution in [0.4, 0.5) is 4.39 Å². The highest BCUT2D eigenvalue weighted by Crippen LogP contribution is 2.36. The molecule has 1 atom stereocenters. The molecule has 130 valence electrons. The highest BCUT2D eigenvalue weighted by atomic mass is 32.2. The largest absolute Gasteiger partial charge is 0.493 e. The second-order valence-electron chi connectivity index (χ2n) is 6.62. The number of rotatable bonds is 5. The Morgan fingerprint density at radius 3 is 2.72 bits per heavy atom. The maximum absolute atomic E-state index is 13.6. The lowest BCUT2D eigenvalue weighted by atomic mass is 10.0. The summed E-state index contributed by atoms with van der Waals surface area (Å²) in [6.07, 6.45) is 3.31. The fraction of sp³-hybridized carbons (Fsp3) is 0.350. The Bertz CT molecular complexity index is 774. The van der Waals surface area contributed by atoms with E-state index in [4.69, 9.17) is 4.74 Å². The standard InChI is InChI=1S/C20H20FNO2S/c21-15-5-8-19-17(11-15)18(9-10-25-19)22-20(23)14-3-6-16(7-4-14)24-12-13-1-2-13/h3-8,11,13,18H,1-2,9-10,12H2,(H,22,23). The molecule has 1 aliphatic carbocycles. The van der Waals surface area contributed by atoms with Gasteiger partial charge in [0.1, 0.15) is 11.6 Å². The normalized spacial score (nSPS) is 19.2. The van der Waals surface area contributed by atoms with E-state index in [0.717, 1.165) is 35.0 Å². The number of thioether (sulfide) groups is 1. The zero-order valence-corrected chi connectivity index (χ0v) is 14.7. The minimum Gasteiger partial charge on any atom is -0.493 e. The number of halogens is 1. The molecule has 1 amide bonds. The number of fused-ring (bicyclic) bond motifs is 1. The molecular formula is C20H20FNO2S. The van der Waals surface area contributed by atoms with Gasteiger partial charge in [0.05, 0.1) is 12.6 Å². The molecule has 5 heteroatoms. The second kappa shape index (κ2) is 7.08. The number of ether oxygens (including phenoxy) is 1. The van der Waals surface area contributed by atoms with Crippen molar-refractivity contribution >= 4 is 17.7 Å². The van der Waals surface area contributed by atoms with E-state index in [2.05, 4.69) is 5.32 Å². The summed E-state index contributed by atoms with van der Waals surface area (Å²) in [7, 11) is 0. The molecule has 1 N–H and O–H groups in total. The highest BCUT2D eigenvalue weighted by Gasteiger charge is 2.24. The van der Waals surface area contributed by atoms with Crippen LogP contribution in [0.25, 0.3) is 0 Å². The third kappa shape index (κ3) is 3.98. The molecule has 0 aromatic heterocycles. The van der Waals surface area contributed by atoms with E-state index < -0.39 is 0 Å². The summed E-state index contributed by atoms with van der Waals surface area (Å²) in [5, 5.41) is 3.04. The third-order valence-electron chi connectivity index (χ3n) is 4.62. The summed E-state index contributed by atoms with van der Waals surface area (Å²) in [4.78, 5) is 13.6. The van der Waals surface area contributed by atoms with Gasteiger partial charge in [-0.3, -0.25) is 4.79 Å². The summed E-state index contributed by atoms with van der Waals surface area (Å²) >= 11 is 1.70. The van der Waals surface area contributed by atoms with Crippen LogP contribution in [0.15, 0.2) is 47.4 Å². The van der Waals surface area contributed by atoms with E-state index >= 15 is 0 Å². The number of carbonyl (C=O) groups is 1. The molecule has 4 rings (SSSR count). The maximum atomic E-state index is 13.6. The first-order valence-electron chi connectivity index (χ1n) is 8.65. The zero-order chi connectivity index (χ0) is 17.2. The van der Waals surface area contributed by atoms with Gasteiger partial charge in [-0.1, -0.05) is 0 Å². The Hall–Kier alpha value is -2.01. The third-order valence-corrected chi connectivity index (χ3v) is 5.74. The van der Waals surface area contributed by atoms with Crippen molar-refractivity contribution in [1.29, 1.82) is 0 Å². The van der Waals surface area contributed by atoms with Crippen LogP contribution >= 0.6 is 11.8 Å². The van der Waals surface area contributed by atoms with Crippen molar-refractivity contribution in [3.05, 3.63) is 59.4 Å². The van der Waals surface area contributed by atoms with Gasteiger partial charge in [-0.15, -0.1) is 11.8 Å². The molecule has 1 aliphatic heterocycles. The van der Waals surface area contributed by atoms with Gasteiger partial charge in [0.15, 0.2) is 0 Å². The minimum absolute atomic E-state index is 0.138. The van der Waals surface area contributed by atoms with Gasteiger partial charge in [-0.2, -0.15) is 0 Å². The van der Waals surface area contributed by atoms with E-state index in [0.29, 0.717) is 11.5 Å². The molecule has 2 aromatic carbocycles.